The van der Waals surface area contributed by atoms with Crippen LogP contribution in [-0.2, 0) is 38.4 Å². The molecule has 2 amide bonds. The Morgan fingerprint density at radius 2 is 1.84 bits per heavy atom. The highest BCUT2D eigenvalue weighted by atomic mass is 16.6. The van der Waals surface area contributed by atoms with Crippen LogP contribution in [0.3, 0.4) is 0 Å². The zero-order valence-electron chi connectivity index (χ0n) is 23.0. The number of carbonyl (C=O) groups is 3. The molecule has 2 aromatic rings. The molecule has 1 aromatic heterocycles. The Morgan fingerprint density at radius 1 is 1.05 bits per heavy atom. The topological polar surface area (TPSA) is 89.0 Å². The number of hydrogen-bond donors (Lipinski definition) is 0. The molecule has 3 heterocycles. The number of fused-ring (bicyclic) bond motifs is 2. The van der Waals surface area contributed by atoms with Gasteiger partial charge >= 0.3 is 12.1 Å². The smallest absolute Gasteiger partial charge is 0.416 e. The molecule has 1 atom stereocenters. The number of anilines is 1. The van der Waals surface area contributed by atoms with E-state index in [9.17, 15) is 14.4 Å². The first-order valence-electron chi connectivity index (χ1n) is 13.6. The third kappa shape index (κ3) is 6.91. The standard InChI is InChI=1S/C30H39N3O5/c1-30(2,3)38-29(36)33-17-8-10-21-14-15-24(31-28(21)33)11-7-13-26(34)32-18-16-22(19-27(35)37-4)25-12-6-5-9-23(25)20-32/h5-6,9,12,14-15,22H,7-8,10-11,13,16-20H2,1-4H3. The van der Waals surface area contributed by atoms with Crippen molar-refractivity contribution in [3.63, 3.8) is 0 Å². The molecule has 0 radical (unpaired) electrons. The number of esters is 1. The Bertz CT molecular complexity index is 1170. The lowest BCUT2D eigenvalue weighted by atomic mass is 9.90. The number of hydrogen-bond acceptors (Lipinski definition) is 6. The van der Waals surface area contributed by atoms with Crippen molar-refractivity contribution in [1.29, 1.82) is 0 Å². The van der Waals surface area contributed by atoms with Crippen LogP contribution in [0.5, 0.6) is 0 Å². The van der Waals surface area contributed by atoms with Crippen LogP contribution in [0.4, 0.5) is 10.6 Å². The minimum Gasteiger partial charge on any atom is -0.469 e. The van der Waals surface area contributed by atoms with Gasteiger partial charge in [0.05, 0.1) is 13.5 Å². The van der Waals surface area contributed by atoms with Crippen LogP contribution < -0.4 is 4.90 Å². The zero-order valence-corrected chi connectivity index (χ0v) is 23.0. The van der Waals surface area contributed by atoms with E-state index in [2.05, 4.69) is 6.07 Å². The number of ether oxygens (including phenoxy) is 2. The number of amides is 2. The van der Waals surface area contributed by atoms with Gasteiger partial charge in [0.2, 0.25) is 5.91 Å². The molecule has 0 bridgehead atoms. The summed E-state index contributed by atoms with van der Waals surface area (Å²) in [5.74, 6) is 0.596. The SMILES string of the molecule is COC(=O)CC1CCN(C(=O)CCCc2ccc3c(n2)N(C(=O)OC(C)(C)C)CCC3)Cc2ccccc21. The molecule has 0 spiro atoms. The van der Waals surface area contributed by atoms with Gasteiger partial charge < -0.3 is 14.4 Å². The maximum atomic E-state index is 13.2. The third-order valence-corrected chi connectivity index (χ3v) is 7.13. The second-order valence-electron chi connectivity index (χ2n) is 11.2. The van der Waals surface area contributed by atoms with Crippen LogP contribution in [-0.4, -0.2) is 53.7 Å². The first-order valence-corrected chi connectivity index (χ1v) is 13.6. The summed E-state index contributed by atoms with van der Waals surface area (Å²) in [5, 5.41) is 0. The number of pyridine rings is 1. The van der Waals surface area contributed by atoms with Crippen molar-refractivity contribution in [3.8, 4) is 0 Å². The van der Waals surface area contributed by atoms with E-state index in [1.54, 1.807) is 4.90 Å². The van der Waals surface area contributed by atoms with Crippen LogP contribution in [0, 0.1) is 0 Å². The normalized spacial score (nSPS) is 17.2. The summed E-state index contributed by atoms with van der Waals surface area (Å²) in [7, 11) is 1.41. The van der Waals surface area contributed by atoms with Crippen molar-refractivity contribution < 1.29 is 23.9 Å². The van der Waals surface area contributed by atoms with Gasteiger partial charge in [-0.15, -0.1) is 0 Å². The van der Waals surface area contributed by atoms with Crippen LogP contribution >= 0.6 is 0 Å². The number of carbonyl (C=O) groups excluding carboxylic acids is 3. The molecule has 8 nitrogen and oxygen atoms in total. The van der Waals surface area contributed by atoms with E-state index in [4.69, 9.17) is 14.5 Å². The van der Waals surface area contributed by atoms with Gasteiger partial charge in [-0.3, -0.25) is 14.5 Å². The number of nitrogens with zero attached hydrogens (tertiary/aromatic N) is 3. The minimum absolute atomic E-state index is 0.0454. The van der Waals surface area contributed by atoms with Gasteiger partial charge in [0, 0.05) is 31.7 Å². The number of rotatable bonds is 6. The third-order valence-electron chi connectivity index (χ3n) is 7.13. The largest absolute Gasteiger partial charge is 0.469 e. The first kappa shape index (κ1) is 27.6. The molecule has 0 aliphatic carbocycles. The molecule has 38 heavy (non-hydrogen) atoms. The molecule has 204 valence electrons. The molecule has 8 heteroatoms. The maximum absolute atomic E-state index is 13.2. The monoisotopic (exact) mass is 521 g/mol. The summed E-state index contributed by atoms with van der Waals surface area (Å²) in [4.78, 5) is 46.3. The molecule has 0 N–H and O–H groups in total. The average molecular weight is 522 g/mol. The molecule has 2 aliphatic heterocycles. The van der Waals surface area contributed by atoms with Gasteiger partial charge in [0.25, 0.3) is 0 Å². The van der Waals surface area contributed by atoms with Crippen molar-refractivity contribution in [2.45, 2.75) is 83.8 Å². The lowest BCUT2D eigenvalue weighted by molar-refractivity contribution is -0.141. The molecular formula is C30H39N3O5. The molecule has 1 unspecified atom stereocenters. The zero-order chi connectivity index (χ0) is 27.3. The molecule has 1 aromatic carbocycles. The summed E-state index contributed by atoms with van der Waals surface area (Å²) in [6.07, 6.45) is 4.17. The second-order valence-corrected chi connectivity index (χ2v) is 11.2. The van der Waals surface area contributed by atoms with Crippen LogP contribution in [0.1, 0.15) is 81.2 Å². The van der Waals surface area contributed by atoms with Crippen LogP contribution in [0.2, 0.25) is 0 Å². The molecule has 2 aliphatic rings. The fraction of sp³-hybridized carbons (Fsp3) is 0.533. The molecule has 4 rings (SSSR count). The predicted octanol–water partition coefficient (Wildman–Crippen LogP) is 5.17. The number of aromatic nitrogens is 1. The maximum Gasteiger partial charge on any atom is 0.416 e. The van der Waals surface area contributed by atoms with Gasteiger partial charge in [0.1, 0.15) is 11.4 Å². The highest BCUT2D eigenvalue weighted by Crippen LogP contribution is 2.32. The van der Waals surface area contributed by atoms with E-state index >= 15 is 0 Å². The van der Waals surface area contributed by atoms with Gasteiger partial charge in [0.15, 0.2) is 0 Å². The fourth-order valence-electron chi connectivity index (χ4n) is 5.23. The summed E-state index contributed by atoms with van der Waals surface area (Å²) in [5.41, 5.74) is 3.56. The summed E-state index contributed by atoms with van der Waals surface area (Å²) >= 11 is 0. The molecular weight excluding hydrogens is 482 g/mol. The highest BCUT2D eigenvalue weighted by Gasteiger charge is 2.29. The van der Waals surface area contributed by atoms with Crippen LogP contribution in [0.25, 0.3) is 0 Å². The lowest BCUT2D eigenvalue weighted by Crippen LogP contribution is -2.40. The summed E-state index contributed by atoms with van der Waals surface area (Å²) in [6.45, 7) is 7.33. The van der Waals surface area contributed by atoms with E-state index < -0.39 is 5.60 Å². The Labute approximate surface area is 225 Å². The predicted molar refractivity (Wildman–Crippen MR) is 145 cm³/mol. The van der Waals surface area contributed by atoms with Crippen molar-refractivity contribution in [2.24, 2.45) is 0 Å². The summed E-state index contributed by atoms with van der Waals surface area (Å²) in [6, 6.07) is 12.1. The number of benzene rings is 1. The Balaban J connectivity index is 1.37. The minimum atomic E-state index is -0.570. The first-order chi connectivity index (χ1) is 18.1. The van der Waals surface area contributed by atoms with Gasteiger partial charge in [-0.1, -0.05) is 30.3 Å². The van der Waals surface area contributed by atoms with Gasteiger partial charge in [-0.05, 0) is 81.5 Å². The Morgan fingerprint density at radius 3 is 2.61 bits per heavy atom. The molecule has 0 saturated carbocycles. The second kappa shape index (κ2) is 12.0. The van der Waals surface area contributed by atoms with Crippen molar-refractivity contribution >= 4 is 23.8 Å². The van der Waals surface area contributed by atoms with E-state index in [-0.39, 0.29) is 23.9 Å². The number of aryl methyl sites for hydroxylation is 2. The van der Waals surface area contributed by atoms with E-state index in [1.165, 1.54) is 7.11 Å². The lowest BCUT2D eigenvalue weighted by Gasteiger charge is -2.31. The van der Waals surface area contributed by atoms with E-state index in [1.807, 2.05) is 56.0 Å². The summed E-state index contributed by atoms with van der Waals surface area (Å²) < 4.78 is 10.5. The van der Waals surface area contributed by atoms with Crippen molar-refractivity contribution in [2.75, 3.05) is 25.1 Å². The van der Waals surface area contributed by atoms with Crippen LogP contribution in [0.15, 0.2) is 36.4 Å². The van der Waals surface area contributed by atoms with Crippen molar-refractivity contribution in [3.05, 3.63) is 58.8 Å². The van der Waals surface area contributed by atoms with Crippen molar-refractivity contribution in [1.82, 2.24) is 9.88 Å². The van der Waals surface area contributed by atoms with E-state index in [0.29, 0.717) is 51.1 Å². The highest BCUT2D eigenvalue weighted by molar-refractivity contribution is 5.88. The fourth-order valence-corrected chi connectivity index (χ4v) is 5.23. The quantitative estimate of drug-likeness (QED) is 0.487. The average Bonchev–Trinajstić information content (AvgIpc) is 3.06. The van der Waals surface area contributed by atoms with Gasteiger partial charge in [-0.2, -0.15) is 0 Å². The van der Waals surface area contributed by atoms with Gasteiger partial charge in [-0.25, -0.2) is 9.78 Å². The Kier molecular flexibility index (Phi) is 8.69. The Hall–Kier alpha value is -3.42. The molecule has 0 saturated heterocycles. The van der Waals surface area contributed by atoms with E-state index in [0.717, 1.165) is 41.6 Å². The molecule has 0 fully saturated rings. The number of methoxy groups -OCH3 is 1.